The lowest BCUT2D eigenvalue weighted by atomic mass is 10.2. The molecule has 0 aromatic rings. The van der Waals surface area contributed by atoms with Gasteiger partial charge in [-0.3, -0.25) is 0 Å². The first kappa shape index (κ1) is 13.3. The standard InChI is InChI=1S/C11H22N2O3/c1-9(5-7-15-2)12-10-4-6-13(8-10)11(14)16-3/h9-10,12H,4-8H2,1-3H3. The van der Waals surface area contributed by atoms with E-state index in [-0.39, 0.29) is 6.09 Å². The van der Waals surface area contributed by atoms with E-state index in [1.807, 2.05) is 0 Å². The van der Waals surface area contributed by atoms with Crippen molar-refractivity contribution in [2.75, 3.05) is 33.9 Å². The van der Waals surface area contributed by atoms with E-state index in [0.29, 0.717) is 12.1 Å². The summed E-state index contributed by atoms with van der Waals surface area (Å²) in [5, 5.41) is 3.49. The average molecular weight is 230 g/mol. The molecule has 0 aromatic heterocycles. The second kappa shape index (κ2) is 6.70. The number of ether oxygens (including phenoxy) is 2. The maximum Gasteiger partial charge on any atom is 0.409 e. The van der Waals surface area contributed by atoms with Crippen molar-refractivity contribution in [3.8, 4) is 0 Å². The molecule has 1 rings (SSSR count). The summed E-state index contributed by atoms with van der Waals surface area (Å²) >= 11 is 0. The van der Waals surface area contributed by atoms with E-state index in [9.17, 15) is 4.79 Å². The topological polar surface area (TPSA) is 50.8 Å². The third-order valence-electron chi connectivity index (χ3n) is 2.90. The van der Waals surface area contributed by atoms with Crippen LogP contribution in [0.5, 0.6) is 0 Å². The molecule has 0 spiro atoms. The summed E-state index contributed by atoms with van der Waals surface area (Å²) < 4.78 is 9.72. The van der Waals surface area contributed by atoms with Crippen LogP contribution in [0, 0.1) is 0 Å². The Morgan fingerprint density at radius 3 is 2.94 bits per heavy atom. The van der Waals surface area contributed by atoms with Gasteiger partial charge in [0, 0.05) is 38.9 Å². The minimum atomic E-state index is -0.228. The predicted octanol–water partition coefficient (Wildman–Crippen LogP) is 0.842. The SMILES string of the molecule is COCCC(C)NC1CCN(C(=O)OC)C1. The second-order valence-electron chi connectivity index (χ2n) is 4.25. The lowest BCUT2D eigenvalue weighted by Crippen LogP contribution is -2.40. The van der Waals surface area contributed by atoms with Crippen LogP contribution < -0.4 is 5.32 Å². The summed E-state index contributed by atoms with van der Waals surface area (Å²) in [4.78, 5) is 13.0. The molecular formula is C11H22N2O3. The van der Waals surface area contributed by atoms with E-state index in [1.54, 1.807) is 12.0 Å². The van der Waals surface area contributed by atoms with Crippen molar-refractivity contribution in [3.05, 3.63) is 0 Å². The fourth-order valence-electron chi connectivity index (χ4n) is 1.97. The van der Waals surface area contributed by atoms with Crippen molar-refractivity contribution in [3.63, 3.8) is 0 Å². The third-order valence-corrected chi connectivity index (χ3v) is 2.90. The Morgan fingerprint density at radius 2 is 2.31 bits per heavy atom. The zero-order chi connectivity index (χ0) is 12.0. The number of hydrogen-bond acceptors (Lipinski definition) is 4. The van der Waals surface area contributed by atoms with Gasteiger partial charge < -0.3 is 19.7 Å². The molecule has 0 bridgehead atoms. The summed E-state index contributed by atoms with van der Waals surface area (Å²) in [6.07, 6.45) is 1.76. The van der Waals surface area contributed by atoms with Gasteiger partial charge in [-0.2, -0.15) is 0 Å². The Labute approximate surface area is 97.1 Å². The van der Waals surface area contributed by atoms with Crippen LogP contribution >= 0.6 is 0 Å². The predicted molar refractivity (Wildman–Crippen MR) is 61.5 cm³/mol. The van der Waals surface area contributed by atoms with Crippen molar-refractivity contribution in [2.45, 2.75) is 31.8 Å². The zero-order valence-corrected chi connectivity index (χ0v) is 10.4. The van der Waals surface area contributed by atoms with Crippen molar-refractivity contribution < 1.29 is 14.3 Å². The maximum absolute atomic E-state index is 11.3. The van der Waals surface area contributed by atoms with Crippen LogP contribution in [0.4, 0.5) is 4.79 Å². The van der Waals surface area contributed by atoms with Crippen molar-refractivity contribution in [1.82, 2.24) is 10.2 Å². The largest absolute Gasteiger partial charge is 0.453 e. The van der Waals surface area contributed by atoms with Crippen LogP contribution in [0.25, 0.3) is 0 Å². The van der Waals surface area contributed by atoms with Crippen LogP contribution in [0.3, 0.4) is 0 Å². The van der Waals surface area contributed by atoms with Gasteiger partial charge in [0.1, 0.15) is 0 Å². The molecule has 2 unspecified atom stereocenters. The van der Waals surface area contributed by atoms with E-state index in [1.165, 1.54) is 7.11 Å². The van der Waals surface area contributed by atoms with Gasteiger partial charge in [-0.15, -0.1) is 0 Å². The Kier molecular flexibility index (Phi) is 5.55. The first-order valence-corrected chi connectivity index (χ1v) is 5.75. The molecule has 1 aliphatic heterocycles. The van der Waals surface area contributed by atoms with E-state index < -0.39 is 0 Å². The van der Waals surface area contributed by atoms with Gasteiger partial charge in [0.2, 0.25) is 0 Å². The minimum Gasteiger partial charge on any atom is -0.453 e. The van der Waals surface area contributed by atoms with Gasteiger partial charge in [-0.1, -0.05) is 0 Å². The van der Waals surface area contributed by atoms with E-state index in [0.717, 1.165) is 32.5 Å². The zero-order valence-electron chi connectivity index (χ0n) is 10.4. The monoisotopic (exact) mass is 230 g/mol. The molecule has 0 aromatic carbocycles. The van der Waals surface area contributed by atoms with Gasteiger partial charge in [0.15, 0.2) is 0 Å². The highest BCUT2D eigenvalue weighted by Crippen LogP contribution is 2.11. The molecule has 1 fully saturated rings. The number of amides is 1. The molecule has 16 heavy (non-hydrogen) atoms. The summed E-state index contributed by atoms with van der Waals surface area (Å²) in [5.74, 6) is 0. The van der Waals surface area contributed by atoms with Crippen LogP contribution in [-0.2, 0) is 9.47 Å². The lowest BCUT2D eigenvalue weighted by Gasteiger charge is -2.19. The normalized spacial score (nSPS) is 22.2. The summed E-state index contributed by atoms with van der Waals surface area (Å²) in [7, 11) is 3.13. The molecule has 2 atom stereocenters. The van der Waals surface area contributed by atoms with Gasteiger partial charge in [-0.25, -0.2) is 4.79 Å². The van der Waals surface area contributed by atoms with Crippen LogP contribution in [0.1, 0.15) is 19.8 Å². The quantitative estimate of drug-likeness (QED) is 0.760. The molecule has 0 radical (unpaired) electrons. The molecule has 1 aliphatic rings. The Hall–Kier alpha value is -0.810. The molecular weight excluding hydrogens is 208 g/mol. The average Bonchev–Trinajstić information content (AvgIpc) is 2.73. The van der Waals surface area contributed by atoms with Crippen LogP contribution in [0.2, 0.25) is 0 Å². The number of likely N-dealkylation sites (tertiary alicyclic amines) is 1. The Morgan fingerprint density at radius 1 is 1.56 bits per heavy atom. The Bertz CT molecular complexity index is 223. The number of nitrogens with one attached hydrogen (secondary N) is 1. The van der Waals surface area contributed by atoms with Gasteiger partial charge in [0.05, 0.1) is 7.11 Å². The number of methoxy groups -OCH3 is 2. The molecule has 0 aliphatic carbocycles. The highest BCUT2D eigenvalue weighted by Gasteiger charge is 2.27. The van der Waals surface area contributed by atoms with Crippen molar-refractivity contribution in [1.29, 1.82) is 0 Å². The number of nitrogens with zero attached hydrogens (tertiary/aromatic N) is 1. The number of hydrogen-bond donors (Lipinski definition) is 1. The summed E-state index contributed by atoms with van der Waals surface area (Å²) in [6.45, 7) is 4.42. The van der Waals surface area contributed by atoms with E-state index >= 15 is 0 Å². The first-order valence-electron chi connectivity index (χ1n) is 5.75. The molecule has 94 valence electrons. The number of carbonyl (C=O) groups is 1. The smallest absolute Gasteiger partial charge is 0.409 e. The maximum atomic E-state index is 11.3. The molecule has 0 saturated carbocycles. The van der Waals surface area contributed by atoms with Gasteiger partial charge >= 0.3 is 6.09 Å². The highest BCUT2D eigenvalue weighted by atomic mass is 16.5. The molecule has 5 heteroatoms. The minimum absolute atomic E-state index is 0.228. The van der Waals surface area contributed by atoms with Crippen molar-refractivity contribution in [2.24, 2.45) is 0 Å². The van der Waals surface area contributed by atoms with Crippen molar-refractivity contribution >= 4 is 6.09 Å². The second-order valence-corrected chi connectivity index (χ2v) is 4.25. The first-order chi connectivity index (χ1) is 7.67. The number of rotatable bonds is 5. The fourth-order valence-corrected chi connectivity index (χ4v) is 1.97. The molecule has 1 N–H and O–H groups in total. The third kappa shape index (κ3) is 3.98. The highest BCUT2D eigenvalue weighted by molar-refractivity contribution is 5.67. The van der Waals surface area contributed by atoms with Crippen LogP contribution in [0.15, 0.2) is 0 Å². The molecule has 5 nitrogen and oxygen atoms in total. The van der Waals surface area contributed by atoms with E-state index in [4.69, 9.17) is 9.47 Å². The molecule has 1 saturated heterocycles. The molecule has 1 amide bonds. The molecule has 1 heterocycles. The summed E-state index contributed by atoms with van der Waals surface area (Å²) in [6, 6.07) is 0.800. The van der Waals surface area contributed by atoms with Crippen LogP contribution in [-0.4, -0.2) is 57.0 Å². The van der Waals surface area contributed by atoms with Gasteiger partial charge in [0.25, 0.3) is 0 Å². The number of carbonyl (C=O) groups excluding carboxylic acids is 1. The van der Waals surface area contributed by atoms with E-state index in [2.05, 4.69) is 12.2 Å². The van der Waals surface area contributed by atoms with Gasteiger partial charge in [-0.05, 0) is 19.8 Å². The lowest BCUT2D eigenvalue weighted by molar-refractivity contribution is 0.131. The summed E-state index contributed by atoms with van der Waals surface area (Å²) in [5.41, 5.74) is 0. The fraction of sp³-hybridized carbons (Fsp3) is 0.909. The Balaban J connectivity index is 2.23.